The second kappa shape index (κ2) is 6.01. The molecule has 1 heterocycles. The highest BCUT2D eigenvalue weighted by Crippen LogP contribution is 2.10. The quantitative estimate of drug-likeness (QED) is 0.721. The van der Waals surface area contributed by atoms with Crippen LogP contribution in [0, 0.1) is 0 Å². The van der Waals surface area contributed by atoms with E-state index in [9.17, 15) is 9.90 Å². The van der Waals surface area contributed by atoms with Crippen molar-refractivity contribution in [3.05, 3.63) is 48.2 Å². The Morgan fingerprint density at radius 3 is 2.74 bits per heavy atom. The Kier molecular flexibility index (Phi) is 4.15. The second-order valence-corrected chi connectivity index (χ2v) is 4.17. The molecule has 0 fully saturated rings. The molecule has 0 bridgehead atoms. The number of aromatic nitrogens is 2. The maximum Gasteiger partial charge on any atom is 0.241 e. The molecule has 0 saturated carbocycles. The number of hydrogen-bond donors (Lipinski definition) is 3. The number of aliphatic hydroxyl groups is 1. The Labute approximate surface area is 110 Å². The molecule has 1 unspecified atom stereocenters. The lowest BCUT2D eigenvalue weighted by molar-refractivity contribution is -0.122. The van der Waals surface area contributed by atoms with Crippen LogP contribution in [-0.4, -0.2) is 27.3 Å². The fraction of sp³-hybridized carbons (Fsp3) is 0.231. The van der Waals surface area contributed by atoms with Gasteiger partial charge in [0.25, 0.3) is 0 Å². The molecule has 0 aliphatic heterocycles. The van der Waals surface area contributed by atoms with E-state index in [0.29, 0.717) is 5.82 Å². The molecule has 2 rings (SSSR count). The van der Waals surface area contributed by atoms with E-state index >= 15 is 0 Å². The number of amides is 1. The number of carbonyl (C=O) groups excluding carboxylic acids is 1. The topological polar surface area (TPSA) is 93.2 Å². The zero-order valence-electron chi connectivity index (χ0n) is 10.4. The Balaban J connectivity index is 1.80. The van der Waals surface area contributed by atoms with Crippen molar-refractivity contribution in [2.75, 3.05) is 12.3 Å². The van der Waals surface area contributed by atoms with Crippen LogP contribution in [0.25, 0.3) is 0 Å². The van der Waals surface area contributed by atoms with E-state index in [0.717, 1.165) is 5.56 Å². The third kappa shape index (κ3) is 3.82. The highest BCUT2D eigenvalue weighted by atomic mass is 16.3. The first kappa shape index (κ1) is 13.1. The van der Waals surface area contributed by atoms with Crippen molar-refractivity contribution in [2.45, 2.75) is 12.6 Å². The van der Waals surface area contributed by atoms with Crippen LogP contribution in [0.5, 0.6) is 0 Å². The predicted octanol–water partition coefficient (Wildman–Crippen LogP) is 0.315. The smallest absolute Gasteiger partial charge is 0.241 e. The SMILES string of the molecule is Nc1ccn(CC(=O)NCC(O)c2ccccc2)n1. The Morgan fingerprint density at radius 2 is 2.11 bits per heavy atom. The van der Waals surface area contributed by atoms with Crippen LogP contribution >= 0.6 is 0 Å². The molecule has 0 radical (unpaired) electrons. The Bertz CT molecular complexity index is 539. The fourth-order valence-electron chi connectivity index (χ4n) is 1.67. The van der Waals surface area contributed by atoms with Gasteiger partial charge >= 0.3 is 0 Å². The summed E-state index contributed by atoms with van der Waals surface area (Å²) in [7, 11) is 0. The van der Waals surface area contributed by atoms with Gasteiger partial charge in [-0.3, -0.25) is 9.48 Å². The first-order valence-corrected chi connectivity index (χ1v) is 5.94. The van der Waals surface area contributed by atoms with E-state index in [1.54, 1.807) is 12.3 Å². The number of nitrogens with zero attached hydrogens (tertiary/aromatic N) is 2. The average molecular weight is 260 g/mol. The van der Waals surface area contributed by atoms with E-state index in [1.165, 1.54) is 4.68 Å². The molecule has 0 saturated heterocycles. The Hall–Kier alpha value is -2.34. The number of nitrogens with one attached hydrogen (secondary N) is 1. The molecular weight excluding hydrogens is 244 g/mol. The van der Waals surface area contributed by atoms with Crippen LogP contribution in [0.3, 0.4) is 0 Å². The standard InChI is InChI=1S/C13H16N4O2/c14-12-6-7-17(16-12)9-13(19)15-8-11(18)10-4-2-1-3-5-10/h1-7,11,18H,8-9H2,(H2,14,16)(H,15,19). The van der Waals surface area contributed by atoms with Gasteiger partial charge in [0.15, 0.2) is 0 Å². The van der Waals surface area contributed by atoms with Gasteiger partial charge in [0, 0.05) is 12.7 Å². The highest BCUT2D eigenvalue weighted by Gasteiger charge is 2.09. The number of anilines is 1. The summed E-state index contributed by atoms with van der Waals surface area (Å²) in [5.74, 6) is 0.148. The highest BCUT2D eigenvalue weighted by molar-refractivity contribution is 5.75. The maximum absolute atomic E-state index is 11.6. The number of aliphatic hydroxyl groups excluding tert-OH is 1. The van der Waals surface area contributed by atoms with Crippen LogP contribution in [-0.2, 0) is 11.3 Å². The maximum atomic E-state index is 11.6. The molecular formula is C13H16N4O2. The summed E-state index contributed by atoms with van der Waals surface area (Å²) in [6.07, 6.45) is 0.913. The number of hydrogen-bond acceptors (Lipinski definition) is 4. The van der Waals surface area contributed by atoms with E-state index in [-0.39, 0.29) is 19.0 Å². The number of rotatable bonds is 5. The average Bonchev–Trinajstić information content (AvgIpc) is 2.82. The van der Waals surface area contributed by atoms with Crippen LogP contribution in [0.15, 0.2) is 42.6 Å². The van der Waals surface area contributed by atoms with Gasteiger partial charge < -0.3 is 16.2 Å². The summed E-state index contributed by atoms with van der Waals surface area (Å²) >= 11 is 0. The van der Waals surface area contributed by atoms with Gasteiger partial charge in [0.2, 0.25) is 5.91 Å². The first-order chi connectivity index (χ1) is 9.15. The zero-order valence-corrected chi connectivity index (χ0v) is 10.4. The van der Waals surface area contributed by atoms with E-state index in [1.807, 2.05) is 30.3 Å². The van der Waals surface area contributed by atoms with E-state index < -0.39 is 6.10 Å². The van der Waals surface area contributed by atoms with Gasteiger partial charge in [-0.2, -0.15) is 5.10 Å². The molecule has 4 N–H and O–H groups in total. The van der Waals surface area contributed by atoms with Gasteiger partial charge in [0.05, 0.1) is 6.10 Å². The van der Waals surface area contributed by atoms with Gasteiger partial charge in [0.1, 0.15) is 12.4 Å². The third-order valence-electron chi connectivity index (χ3n) is 2.64. The lowest BCUT2D eigenvalue weighted by Crippen LogP contribution is -2.31. The van der Waals surface area contributed by atoms with Crippen molar-refractivity contribution in [1.29, 1.82) is 0 Å². The molecule has 6 nitrogen and oxygen atoms in total. The first-order valence-electron chi connectivity index (χ1n) is 5.94. The summed E-state index contributed by atoms with van der Waals surface area (Å²) < 4.78 is 1.44. The molecule has 1 aromatic heterocycles. The second-order valence-electron chi connectivity index (χ2n) is 4.17. The lowest BCUT2D eigenvalue weighted by atomic mass is 10.1. The molecule has 1 atom stereocenters. The van der Waals surface area contributed by atoms with E-state index in [4.69, 9.17) is 5.73 Å². The van der Waals surface area contributed by atoms with Crippen molar-refractivity contribution in [1.82, 2.24) is 15.1 Å². The fourth-order valence-corrected chi connectivity index (χ4v) is 1.67. The normalized spacial score (nSPS) is 12.1. The van der Waals surface area contributed by atoms with Crippen molar-refractivity contribution >= 4 is 11.7 Å². The minimum Gasteiger partial charge on any atom is -0.387 e. The van der Waals surface area contributed by atoms with Crippen LogP contribution < -0.4 is 11.1 Å². The van der Waals surface area contributed by atoms with Crippen molar-refractivity contribution in [3.63, 3.8) is 0 Å². The van der Waals surface area contributed by atoms with Crippen molar-refractivity contribution in [2.24, 2.45) is 0 Å². The van der Waals surface area contributed by atoms with Crippen LogP contribution in [0.1, 0.15) is 11.7 Å². The largest absolute Gasteiger partial charge is 0.387 e. The molecule has 1 aromatic carbocycles. The van der Waals surface area contributed by atoms with Crippen LogP contribution in [0.4, 0.5) is 5.82 Å². The molecule has 100 valence electrons. The minimum absolute atomic E-state index is 0.0821. The zero-order chi connectivity index (χ0) is 13.7. The monoisotopic (exact) mass is 260 g/mol. The summed E-state index contributed by atoms with van der Waals surface area (Å²) in [6.45, 7) is 0.248. The molecule has 19 heavy (non-hydrogen) atoms. The Morgan fingerprint density at radius 1 is 1.37 bits per heavy atom. The molecule has 1 amide bonds. The van der Waals surface area contributed by atoms with Gasteiger partial charge in [-0.25, -0.2) is 0 Å². The number of benzene rings is 1. The van der Waals surface area contributed by atoms with Gasteiger partial charge in [-0.05, 0) is 11.6 Å². The summed E-state index contributed by atoms with van der Waals surface area (Å²) in [5.41, 5.74) is 6.22. The van der Waals surface area contributed by atoms with Crippen molar-refractivity contribution in [3.8, 4) is 0 Å². The molecule has 2 aromatic rings. The molecule has 0 spiro atoms. The molecule has 6 heteroatoms. The molecule has 0 aliphatic carbocycles. The number of carbonyl (C=O) groups is 1. The molecule has 0 aliphatic rings. The van der Waals surface area contributed by atoms with E-state index in [2.05, 4.69) is 10.4 Å². The van der Waals surface area contributed by atoms with Crippen LogP contribution in [0.2, 0.25) is 0 Å². The van der Waals surface area contributed by atoms with Crippen molar-refractivity contribution < 1.29 is 9.90 Å². The lowest BCUT2D eigenvalue weighted by Gasteiger charge is -2.12. The summed E-state index contributed by atoms with van der Waals surface area (Å²) in [4.78, 5) is 11.6. The predicted molar refractivity (Wildman–Crippen MR) is 71.1 cm³/mol. The van der Waals surface area contributed by atoms with Gasteiger partial charge in [-0.15, -0.1) is 0 Å². The third-order valence-corrected chi connectivity index (χ3v) is 2.64. The summed E-state index contributed by atoms with van der Waals surface area (Å²) in [6, 6.07) is 10.8. The number of nitrogens with two attached hydrogens (primary N) is 1. The summed E-state index contributed by atoms with van der Waals surface area (Å²) in [5, 5.41) is 16.4. The number of nitrogen functional groups attached to an aromatic ring is 1. The van der Waals surface area contributed by atoms with Gasteiger partial charge in [-0.1, -0.05) is 30.3 Å². The minimum atomic E-state index is -0.715.